The van der Waals surface area contributed by atoms with Gasteiger partial charge in [0.25, 0.3) is 0 Å². The van der Waals surface area contributed by atoms with E-state index in [2.05, 4.69) is 9.46 Å². The highest BCUT2D eigenvalue weighted by molar-refractivity contribution is 7.89. The molecule has 1 unspecified atom stereocenters. The molecule has 7 nitrogen and oxygen atoms in total. The van der Waals surface area contributed by atoms with Crippen molar-refractivity contribution >= 4 is 16.0 Å². The zero-order valence-electron chi connectivity index (χ0n) is 11.2. The van der Waals surface area contributed by atoms with Crippen molar-refractivity contribution in [3.8, 4) is 5.75 Å². The fourth-order valence-corrected chi connectivity index (χ4v) is 2.63. The minimum atomic E-state index is -3.92. The molecule has 2 N–H and O–H groups in total. The van der Waals surface area contributed by atoms with Crippen LogP contribution in [0.4, 0.5) is 0 Å². The van der Waals surface area contributed by atoms with Gasteiger partial charge in [0, 0.05) is 7.11 Å². The molecular weight excluding hydrogens is 286 g/mol. The molecule has 0 bridgehead atoms. The second-order valence-electron chi connectivity index (χ2n) is 3.87. The summed E-state index contributed by atoms with van der Waals surface area (Å²) in [6.45, 7) is 2.03. The van der Waals surface area contributed by atoms with E-state index in [9.17, 15) is 13.2 Å². The lowest BCUT2D eigenvalue weighted by Crippen LogP contribution is -2.43. The van der Waals surface area contributed by atoms with E-state index >= 15 is 0 Å². The monoisotopic (exact) mass is 303 g/mol. The first kappa shape index (κ1) is 16.4. The van der Waals surface area contributed by atoms with Crippen molar-refractivity contribution in [1.29, 1.82) is 0 Å². The molecule has 20 heavy (non-hydrogen) atoms. The Kier molecular flexibility index (Phi) is 5.93. The molecule has 0 aromatic heterocycles. The van der Waals surface area contributed by atoms with E-state index in [1.807, 2.05) is 6.92 Å². The molecule has 0 fully saturated rings. The molecular formula is C12H17NO6S. The fourth-order valence-electron chi connectivity index (χ4n) is 1.46. The van der Waals surface area contributed by atoms with E-state index in [4.69, 9.17) is 9.84 Å². The Labute approximate surface area is 117 Å². The quantitative estimate of drug-likeness (QED) is 0.723. The van der Waals surface area contributed by atoms with Crippen LogP contribution in [0.2, 0.25) is 0 Å². The molecule has 0 saturated heterocycles. The van der Waals surface area contributed by atoms with Crippen LogP contribution in [0.1, 0.15) is 6.92 Å². The molecule has 0 saturated carbocycles. The van der Waals surface area contributed by atoms with Crippen LogP contribution < -0.4 is 9.46 Å². The molecule has 1 aromatic rings. The van der Waals surface area contributed by atoms with Crippen molar-refractivity contribution in [3.05, 3.63) is 24.3 Å². The van der Waals surface area contributed by atoms with Gasteiger partial charge in [-0.15, -0.1) is 0 Å². The third-order valence-electron chi connectivity index (χ3n) is 2.37. The summed E-state index contributed by atoms with van der Waals surface area (Å²) in [5, 5.41) is 8.90. The van der Waals surface area contributed by atoms with E-state index in [1.54, 1.807) is 0 Å². The van der Waals surface area contributed by atoms with Crippen molar-refractivity contribution in [3.63, 3.8) is 0 Å². The van der Waals surface area contributed by atoms with Crippen LogP contribution in [0.3, 0.4) is 0 Å². The lowest BCUT2D eigenvalue weighted by atomic mass is 10.3. The molecule has 1 rings (SSSR count). The number of rotatable bonds is 8. The van der Waals surface area contributed by atoms with E-state index in [0.717, 1.165) is 0 Å². The van der Waals surface area contributed by atoms with Gasteiger partial charge in [0.1, 0.15) is 11.8 Å². The number of aliphatic carboxylic acids is 1. The Bertz CT molecular complexity index is 540. The van der Waals surface area contributed by atoms with Crippen LogP contribution in [-0.4, -0.2) is 45.9 Å². The third kappa shape index (κ3) is 4.48. The first-order chi connectivity index (χ1) is 9.40. The average molecular weight is 303 g/mol. The zero-order chi connectivity index (χ0) is 15.2. The SMILES string of the molecule is CCOc1ccc(S(=O)(=O)NC(COC)C(=O)O)cc1. The van der Waals surface area contributed by atoms with E-state index in [-0.39, 0.29) is 11.5 Å². The Hall–Kier alpha value is -1.64. The van der Waals surface area contributed by atoms with Gasteiger partial charge < -0.3 is 14.6 Å². The van der Waals surface area contributed by atoms with Gasteiger partial charge in [0.05, 0.1) is 18.1 Å². The molecule has 1 aromatic carbocycles. The predicted molar refractivity (Wildman–Crippen MR) is 71.2 cm³/mol. The van der Waals surface area contributed by atoms with Crippen LogP contribution in [0.15, 0.2) is 29.2 Å². The van der Waals surface area contributed by atoms with Crippen LogP contribution >= 0.6 is 0 Å². The van der Waals surface area contributed by atoms with Gasteiger partial charge in [-0.25, -0.2) is 8.42 Å². The molecule has 0 aliphatic rings. The molecule has 0 heterocycles. The number of benzene rings is 1. The highest BCUT2D eigenvalue weighted by Gasteiger charge is 2.25. The number of methoxy groups -OCH3 is 1. The van der Waals surface area contributed by atoms with Crippen LogP contribution in [0.25, 0.3) is 0 Å². The van der Waals surface area contributed by atoms with Gasteiger partial charge in [-0.3, -0.25) is 4.79 Å². The molecule has 8 heteroatoms. The standard InChI is InChI=1S/C12H17NO6S/c1-3-19-9-4-6-10(7-5-9)20(16,17)13-11(8-18-2)12(14)15/h4-7,11,13H,3,8H2,1-2H3,(H,14,15). The lowest BCUT2D eigenvalue weighted by molar-refractivity contribution is -0.140. The summed E-state index contributed by atoms with van der Waals surface area (Å²) in [6, 6.07) is 4.36. The number of carboxylic acids is 1. The van der Waals surface area contributed by atoms with Crippen LogP contribution in [0, 0.1) is 0 Å². The van der Waals surface area contributed by atoms with E-state index in [1.165, 1.54) is 31.4 Å². The van der Waals surface area contributed by atoms with Gasteiger partial charge >= 0.3 is 5.97 Å². The Morgan fingerprint density at radius 3 is 2.40 bits per heavy atom. The van der Waals surface area contributed by atoms with Crippen molar-refractivity contribution in [1.82, 2.24) is 4.72 Å². The normalized spacial score (nSPS) is 12.9. The highest BCUT2D eigenvalue weighted by Crippen LogP contribution is 2.16. The summed E-state index contributed by atoms with van der Waals surface area (Å²) in [5.41, 5.74) is 0. The fraction of sp³-hybridized carbons (Fsp3) is 0.417. The summed E-state index contributed by atoms with van der Waals surface area (Å²) < 4.78 is 36.0. The second-order valence-corrected chi connectivity index (χ2v) is 5.59. The van der Waals surface area contributed by atoms with Crippen LogP contribution in [-0.2, 0) is 19.6 Å². The molecule has 0 amide bonds. The van der Waals surface area contributed by atoms with Gasteiger partial charge in [-0.1, -0.05) is 0 Å². The first-order valence-corrected chi connectivity index (χ1v) is 7.36. The Morgan fingerprint density at radius 1 is 1.35 bits per heavy atom. The maximum atomic E-state index is 12.0. The maximum absolute atomic E-state index is 12.0. The number of sulfonamides is 1. The number of carbonyl (C=O) groups is 1. The smallest absolute Gasteiger partial charge is 0.324 e. The average Bonchev–Trinajstić information content (AvgIpc) is 2.39. The lowest BCUT2D eigenvalue weighted by Gasteiger charge is -2.14. The first-order valence-electron chi connectivity index (χ1n) is 5.87. The molecule has 1 atom stereocenters. The van der Waals surface area contributed by atoms with Gasteiger partial charge in [-0.2, -0.15) is 4.72 Å². The number of nitrogens with one attached hydrogen (secondary N) is 1. The number of ether oxygens (including phenoxy) is 2. The topological polar surface area (TPSA) is 102 Å². The summed E-state index contributed by atoms with van der Waals surface area (Å²) in [5.74, 6) is -0.764. The minimum absolute atomic E-state index is 0.0386. The molecule has 0 aliphatic carbocycles. The summed E-state index contributed by atoms with van der Waals surface area (Å²) in [7, 11) is -2.63. The summed E-state index contributed by atoms with van der Waals surface area (Å²) in [4.78, 5) is 10.9. The number of hydrogen-bond acceptors (Lipinski definition) is 5. The summed E-state index contributed by atoms with van der Waals surface area (Å²) >= 11 is 0. The summed E-state index contributed by atoms with van der Waals surface area (Å²) in [6.07, 6.45) is 0. The molecule has 0 spiro atoms. The minimum Gasteiger partial charge on any atom is -0.494 e. The van der Waals surface area contributed by atoms with Crippen molar-refractivity contribution in [2.24, 2.45) is 0 Å². The van der Waals surface area contributed by atoms with Gasteiger partial charge in [-0.05, 0) is 31.2 Å². The third-order valence-corrected chi connectivity index (χ3v) is 3.86. The van der Waals surface area contributed by atoms with Gasteiger partial charge in [0.2, 0.25) is 10.0 Å². The number of carboxylic acid groups (broad SMARTS) is 1. The second kappa shape index (κ2) is 7.22. The van der Waals surface area contributed by atoms with Crippen LogP contribution in [0.5, 0.6) is 5.75 Å². The van der Waals surface area contributed by atoms with E-state index < -0.39 is 22.0 Å². The van der Waals surface area contributed by atoms with Crippen molar-refractivity contribution in [2.45, 2.75) is 17.9 Å². The molecule has 0 radical (unpaired) electrons. The zero-order valence-corrected chi connectivity index (χ0v) is 12.0. The maximum Gasteiger partial charge on any atom is 0.324 e. The largest absolute Gasteiger partial charge is 0.494 e. The Balaban J connectivity index is 2.89. The molecule has 112 valence electrons. The van der Waals surface area contributed by atoms with Gasteiger partial charge in [0.15, 0.2) is 0 Å². The number of hydrogen-bond donors (Lipinski definition) is 2. The van der Waals surface area contributed by atoms with Crippen molar-refractivity contribution in [2.75, 3.05) is 20.3 Å². The molecule has 0 aliphatic heterocycles. The van der Waals surface area contributed by atoms with Crippen molar-refractivity contribution < 1.29 is 27.8 Å². The van der Waals surface area contributed by atoms with E-state index in [0.29, 0.717) is 12.4 Å². The Morgan fingerprint density at radius 2 is 1.95 bits per heavy atom. The predicted octanol–water partition coefficient (Wildman–Crippen LogP) is 0.463. The highest BCUT2D eigenvalue weighted by atomic mass is 32.2.